The van der Waals surface area contributed by atoms with Crippen molar-refractivity contribution in [3.63, 3.8) is 0 Å². The van der Waals surface area contributed by atoms with Crippen molar-refractivity contribution in [2.45, 2.75) is 45.6 Å². The minimum absolute atomic E-state index is 0.0483. The normalized spacial score (nSPS) is 18.8. The summed E-state index contributed by atoms with van der Waals surface area (Å²) in [5, 5.41) is 9.84. The summed E-state index contributed by atoms with van der Waals surface area (Å²) in [4.78, 5) is 13.2. The largest absolute Gasteiger partial charge is 0.480 e. The van der Waals surface area contributed by atoms with Gasteiger partial charge in [0.25, 0.3) is 0 Å². The monoisotopic (exact) mass is 295 g/mol. The fourth-order valence-corrected chi connectivity index (χ4v) is 3.03. The summed E-state index contributed by atoms with van der Waals surface area (Å²) in [6.45, 7) is 4.62. The molecule has 0 unspecified atom stereocenters. The van der Waals surface area contributed by atoms with E-state index < -0.39 is 5.97 Å². The van der Waals surface area contributed by atoms with Gasteiger partial charge in [0.15, 0.2) is 0 Å². The standard InChI is InChI=1S/C16H22ClNO2/c1-16(2)9-7-14(8-10-16)18(11-15(19)20)13-5-3-12(17)4-6-13/h3-6,14H,7-11H2,1-2H3,(H,19,20). The number of hydrogen-bond donors (Lipinski definition) is 1. The summed E-state index contributed by atoms with van der Waals surface area (Å²) in [5.41, 5.74) is 1.33. The lowest BCUT2D eigenvalue weighted by Gasteiger charge is -2.40. The van der Waals surface area contributed by atoms with Crippen LogP contribution in [-0.2, 0) is 4.79 Å². The number of carbonyl (C=O) groups is 1. The molecule has 110 valence electrons. The molecule has 2 rings (SSSR count). The van der Waals surface area contributed by atoms with E-state index in [1.807, 2.05) is 29.2 Å². The number of nitrogens with zero attached hydrogens (tertiary/aromatic N) is 1. The van der Waals surface area contributed by atoms with Gasteiger partial charge in [-0.3, -0.25) is 4.79 Å². The molecule has 1 fully saturated rings. The maximum atomic E-state index is 11.2. The maximum absolute atomic E-state index is 11.2. The fourth-order valence-electron chi connectivity index (χ4n) is 2.91. The van der Waals surface area contributed by atoms with Crippen molar-refractivity contribution >= 4 is 23.3 Å². The number of rotatable bonds is 4. The van der Waals surface area contributed by atoms with E-state index in [2.05, 4.69) is 13.8 Å². The number of aliphatic carboxylic acids is 1. The Morgan fingerprint density at radius 3 is 2.35 bits per heavy atom. The van der Waals surface area contributed by atoms with Crippen LogP contribution in [0.4, 0.5) is 5.69 Å². The third kappa shape index (κ3) is 3.89. The van der Waals surface area contributed by atoms with E-state index >= 15 is 0 Å². The first-order chi connectivity index (χ1) is 9.37. The van der Waals surface area contributed by atoms with Gasteiger partial charge in [-0.2, -0.15) is 0 Å². The third-order valence-corrected chi connectivity index (χ3v) is 4.47. The summed E-state index contributed by atoms with van der Waals surface area (Å²) in [7, 11) is 0. The smallest absolute Gasteiger partial charge is 0.323 e. The van der Waals surface area contributed by atoms with Gasteiger partial charge in [-0.1, -0.05) is 25.4 Å². The molecule has 0 aliphatic heterocycles. The Kier molecular flexibility index (Phi) is 4.59. The molecule has 0 heterocycles. The van der Waals surface area contributed by atoms with Gasteiger partial charge < -0.3 is 10.0 Å². The molecule has 0 spiro atoms. The zero-order chi connectivity index (χ0) is 14.8. The molecule has 1 saturated carbocycles. The minimum Gasteiger partial charge on any atom is -0.480 e. The van der Waals surface area contributed by atoms with Crippen LogP contribution in [-0.4, -0.2) is 23.7 Å². The van der Waals surface area contributed by atoms with Crippen molar-refractivity contribution in [1.82, 2.24) is 0 Å². The van der Waals surface area contributed by atoms with Gasteiger partial charge in [-0.05, 0) is 55.4 Å². The first kappa shape index (κ1) is 15.2. The van der Waals surface area contributed by atoms with E-state index in [-0.39, 0.29) is 6.54 Å². The van der Waals surface area contributed by atoms with Gasteiger partial charge >= 0.3 is 5.97 Å². The molecule has 0 amide bonds. The zero-order valence-corrected chi connectivity index (χ0v) is 12.9. The zero-order valence-electron chi connectivity index (χ0n) is 12.1. The Labute approximate surface area is 125 Å². The summed E-state index contributed by atoms with van der Waals surface area (Å²) in [6, 6.07) is 7.76. The highest BCUT2D eigenvalue weighted by Crippen LogP contribution is 2.38. The molecule has 4 heteroatoms. The number of carboxylic acids is 1. The molecule has 3 nitrogen and oxygen atoms in total. The predicted molar refractivity (Wildman–Crippen MR) is 82.5 cm³/mol. The second kappa shape index (κ2) is 6.04. The highest BCUT2D eigenvalue weighted by atomic mass is 35.5. The highest BCUT2D eigenvalue weighted by molar-refractivity contribution is 6.30. The van der Waals surface area contributed by atoms with E-state index in [1.165, 1.54) is 0 Å². The van der Waals surface area contributed by atoms with Gasteiger partial charge in [-0.25, -0.2) is 0 Å². The van der Waals surface area contributed by atoms with E-state index in [0.717, 1.165) is 31.4 Å². The van der Waals surface area contributed by atoms with Crippen molar-refractivity contribution in [2.24, 2.45) is 5.41 Å². The van der Waals surface area contributed by atoms with Crippen LogP contribution in [0.15, 0.2) is 24.3 Å². The molecule has 1 aromatic carbocycles. The highest BCUT2D eigenvalue weighted by Gasteiger charge is 2.31. The van der Waals surface area contributed by atoms with Crippen LogP contribution in [0.1, 0.15) is 39.5 Å². The average molecular weight is 296 g/mol. The number of benzene rings is 1. The van der Waals surface area contributed by atoms with Gasteiger partial charge in [0.2, 0.25) is 0 Å². The lowest BCUT2D eigenvalue weighted by Crippen LogP contribution is -2.42. The van der Waals surface area contributed by atoms with Gasteiger partial charge in [0.05, 0.1) is 0 Å². The summed E-state index contributed by atoms with van der Waals surface area (Å²) in [5.74, 6) is -0.787. The van der Waals surface area contributed by atoms with Crippen LogP contribution in [0.2, 0.25) is 5.02 Å². The topological polar surface area (TPSA) is 40.5 Å². The Bertz CT molecular complexity index is 460. The number of carboxylic acid groups (broad SMARTS) is 1. The molecule has 1 aliphatic rings. The fraction of sp³-hybridized carbons (Fsp3) is 0.562. The molecule has 1 aromatic rings. The predicted octanol–water partition coefficient (Wildman–Crippen LogP) is 4.20. The van der Waals surface area contributed by atoms with Crippen molar-refractivity contribution in [3.8, 4) is 0 Å². The third-order valence-electron chi connectivity index (χ3n) is 4.21. The molecule has 0 radical (unpaired) electrons. The van der Waals surface area contributed by atoms with Gasteiger partial charge in [0, 0.05) is 16.8 Å². The van der Waals surface area contributed by atoms with E-state index in [1.54, 1.807) is 0 Å². The molecule has 1 N–H and O–H groups in total. The SMILES string of the molecule is CC1(C)CCC(N(CC(=O)O)c2ccc(Cl)cc2)CC1. The number of hydrogen-bond acceptors (Lipinski definition) is 2. The van der Waals surface area contributed by atoms with E-state index in [0.29, 0.717) is 16.5 Å². The second-order valence-corrected chi connectivity index (χ2v) is 6.83. The lowest BCUT2D eigenvalue weighted by molar-refractivity contribution is -0.135. The van der Waals surface area contributed by atoms with Crippen LogP contribution in [0.5, 0.6) is 0 Å². The van der Waals surface area contributed by atoms with E-state index in [9.17, 15) is 4.79 Å². The molecule has 1 aliphatic carbocycles. The quantitative estimate of drug-likeness (QED) is 0.905. The molecule has 0 bridgehead atoms. The molecule has 0 saturated heterocycles. The van der Waals surface area contributed by atoms with Crippen LogP contribution in [0, 0.1) is 5.41 Å². The van der Waals surface area contributed by atoms with Gasteiger partial charge in [-0.15, -0.1) is 0 Å². The average Bonchev–Trinajstić information content (AvgIpc) is 2.37. The number of halogens is 1. The van der Waals surface area contributed by atoms with Crippen molar-refractivity contribution < 1.29 is 9.90 Å². The maximum Gasteiger partial charge on any atom is 0.323 e. The minimum atomic E-state index is -0.787. The van der Waals surface area contributed by atoms with Gasteiger partial charge in [0.1, 0.15) is 6.54 Å². The van der Waals surface area contributed by atoms with Crippen LogP contribution in [0.25, 0.3) is 0 Å². The lowest BCUT2D eigenvalue weighted by atomic mass is 9.75. The van der Waals surface area contributed by atoms with Crippen LogP contribution in [0.3, 0.4) is 0 Å². The molecule has 0 atom stereocenters. The molecular weight excluding hydrogens is 274 g/mol. The second-order valence-electron chi connectivity index (χ2n) is 6.39. The summed E-state index contributed by atoms with van der Waals surface area (Å²) < 4.78 is 0. The summed E-state index contributed by atoms with van der Waals surface area (Å²) in [6.07, 6.45) is 4.37. The Hall–Kier alpha value is -1.22. The Morgan fingerprint density at radius 2 is 1.85 bits per heavy atom. The Morgan fingerprint density at radius 1 is 1.30 bits per heavy atom. The Balaban J connectivity index is 2.15. The van der Waals surface area contributed by atoms with Crippen molar-refractivity contribution in [1.29, 1.82) is 0 Å². The summed E-state index contributed by atoms with van der Waals surface area (Å²) >= 11 is 5.91. The molecular formula is C16H22ClNO2. The van der Waals surface area contributed by atoms with E-state index in [4.69, 9.17) is 16.7 Å². The first-order valence-electron chi connectivity index (χ1n) is 7.11. The molecule has 0 aromatic heterocycles. The first-order valence-corrected chi connectivity index (χ1v) is 7.49. The molecule has 20 heavy (non-hydrogen) atoms. The van der Waals surface area contributed by atoms with Crippen molar-refractivity contribution in [3.05, 3.63) is 29.3 Å². The van der Waals surface area contributed by atoms with Crippen LogP contribution < -0.4 is 4.90 Å². The number of anilines is 1. The van der Waals surface area contributed by atoms with Crippen molar-refractivity contribution in [2.75, 3.05) is 11.4 Å². The van der Waals surface area contributed by atoms with Crippen LogP contribution >= 0.6 is 11.6 Å².